The largest absolute Gasteiger partial charge is 0.328 e. The average molecular weight is 291 g/mol. The number of aryl methyl sites for hydroxylation is 1. The van der Waals surface area contributed by atoms with Gasteiger partial charge in [-0.15, -0.1) is 11.3 Å². The fourth-order valence-corrected chi connectivity index (χ4v) is 3.09. The zero-order chi connectivity index (χ0) is 8.72. The molecule has 62 valence electrons. The molecule has 0 unspecified atom stereocenters. The molecule has 0 bridgehead atoms. The molecule has 0 aromatic carbocycles. The maximum absolute atomic E-state index is 11.4. The fraction of sp³-hybridized carbons (Fsp3) is 0.125. The van der Waals surface area contributed by atoms with Crippen LogP contribution >= 0.6 is 33.9 Å². The van der Waals surface area contributed by atoms with Crippen LogP contribution in [0.4, 0.5) is 0 Å². The summed E-state index contributed by atoms with van der Waals surface area (Å²) in [6, 6.07) is 1.94. The van der Waals surface area contributed by atoms with Gasteiger partial charge in [0.25, 0.3) is 5.56 Å². The number of hydrogen-bond acceptors (Lipinski definition) is 2. The van der Waals surface area contributed by atoms with Crippen molar-refractivity contribution < 1.29 is 0 Å². The van der Waals surface area contributed by atoms with Gasteiger partial charge in [-0.1, -0.05) is 0 Å². The van der Waals surface area contributed by atoms with Crippen LogP contribution in [0.3, 0.4) is 0 Å². The van der Waals surface area contributed by atoms with Gasteiger partial charge < -0.3 is 4.98 Å². The van der Waals surface area contributed by atoms with E-state index in [-0.39, 0.29) is 5.56 Å². The molecule has 0 amide bonds. The zero-order valence-electron chi connectivity index (χ0n) is 6.35. The minimum atomic E-state index is 0.0177. The third-order valence-electron chi connectivity index (χ3n) is 1.79. The summed E-state index contributed by atoms with van der Waals surface area (Å²) in [5, 5.41) is 0.840. The highest BCUT2D eigenvalue weighted by Crippen LogP contribution is 2.28. The van der Waals surface area contributed by atoms with Gasteiger partial charge in [0.05, 0.1) is 8.27 Å². The summed E-state index contributed by atoms with van der Waals surface area (Å²) in [7, 11) is 0. The molecule has 4 heteroatoms. The van der Waals surface area contributed by atoms with Gasteiger partial charge in [-0.2, -0.15) is 0 Å². The van der Waals surface area contributed by atoms with Gasteiger partial charge in [0.15, 0.2) is 0 Å². The number of hydrogen-bond donors (Lipinski definition) is 1. The van der Waals surface area contributed by atoms with E-state index in [0.717, 1.165) is 15.6 Å². The molecule has 0 aliphatic rings. The molecule has 0 saturated heterocycles. The lowest BCUT2D eigenvalue weighted by atomic mass is 10.2. The second-order valence-corrected chi connectivity index (χ2v) is 5.41. The molecule has 0 aliphatic heterocycles. The maximum atomic E-state index is 11.4. The van der Waals surface area contributed by atoms with Crippen molar-refractivity contribution in [1.82, 2.24) is 4.98 Å². The molecule has 0 saturated carbocycles. The second kappa shape index (κ2) is 2.85. The van der Waals surface area contributed by atoms with E-state index in [1.54, 1.807) is 17.5 Å². The fourth-order valence-electron chi connectivity index (χ4n) is 1.17. The zero-order valence-corrected chi connectivity index (χ0v) is 9.32. The van der Waals surface area contributed by atoms with Crippen LogP contribution in [-0.4, -0.2) is 4.98 Å². The van der Waals surface area contributed by atoms with Crippen LogP contribution in [-0.2, 0) is 0 Å². The Balaban J connectivity index is 3.07. The SMILES string of the molecule is Cc1c(I)sc2cc[nH]c(=O)c12. The molecular formula is C8H6INOS. The molecule has 0 aliphatic carbocycles. The number of aromatic nitrogens is 1. The number of H-pyrrole nitrogens is 1. The van der Waals surface area contributed by atoms with E-state index in [1.165, 1.54) is 2.88 Å². The first-order valence-corrected chi connectivity index (χ1v) is 5.36. The monoisotopic (exact) mass is 291 g/mol. The van der Waals surface area contributed by atoms with Crippen molar-refractivity contribution >= 4 is 44.0 Å². The topological polar surface area (TPSA) is 32.9 Å². The molecule has 2 aromatic heterocycles. The van der Waals surface area contributed by atoms with Crippen LogP contribution in [0.2, 0.25) is 0 Å². The Hall–Kier alpha value is -0.360. The number of halogens is 1. The predicted octanol–water partition coefficient (Wildman–Crippen LogP) is 2.50. The molecule has 0 fully saturated rings. The Bertz CT molecular complexity index is 485. The van der Waals surface area contributed by atoms with Crippen LogP contribution in [0, 0.1) is 9.81 Å². The van der Waals surface area contributed by atoms with Crippen molar-refractivity contribution in [2.24, 2.45) is 0 Å². The number of thiophene rings is 1. The molecule has 2 nitrogen and oxygen atoms in total. The van der Waals surface area contributed by atoms with E-state index in [1.807, 2.05) is 13.0 Å². The van der Waals surface area contributed by atoms with Gasteiger partial charge in [-0.25, -0.2) is 0 Å². The molecule has 2 aromatic rings. The number of nitrogens with one attached hydrogen (secondary N) is 1. The Morgan fingerprint density at radius 1 is 1.58 bits per heavy atom. The molecule has 1 N–H and O–H groups in total. The second-order valence-electron chi connectivity index (χ2n) is 2.55. The van der Waals surface area contributed by atoms with E-state index in [9.17, 15) is 4.79 Å². The van der Waals surface area contributed by atoms with Crippen LogP contribution in [0.25, 0.3) is 10.1 Å². The van der Waals surface area contributed by atoms with Gasteiger partial charge in [-0.05, 0) is 41.1 Å². The highest BCUT2D eigenvalue weighted by atomic mass is 127. The average Bonchev–Trinajstić information content (AvgIpc) is 2.29. The standard InChI is InChI=1S/C8H6INOS/c1-4-6-5(12-7(4)9)2-3-10-8(6)11/h2-3H,1H3,(H,10,11). The first-order valence-electron chi connectivity index (χ1n) is 3.46. The molecule has 2 heterocycles. The van der Waals surface area contributed by atoms with Crippen LogP contribution in [0.15, 0.2) is 17.1 Å². The van der Waals surface area contributed by atoms with Crippen molar-refractivity contribution in [3.63, 3.8) is 0 Å². The predicted molar refractivity (Wildman–Crippen MR) is 59.9 cm³/mol. The number of fused-ring (bicyclic) bond motifs is 1. The summed E-state index contributed by atoms with van der Waals surface area (Å²) < 4.78 is 2.26. The van der Waals surface area contributed by atoms with Crippen LogP contribution in [0.5, 0.6) is 0 Å². The number of rotatable bonds is 0. The smallest absolute Gasteiger partial charge is 0.256 e. The summed E-state index contributed by atoms with van der Waals surface area (Å²) in [6.45, 7) is 1.98. The van der Waals surface area contributed by atoms with E-state index < -0.39 is 0 Å². The van der Waals surface area contributed by atoms with E-state index in [4.69, 9.17) is 0 Å². The molecule has 0 atom stereocenters. The first-order chi connectivity index (χ1) is 5.70. The summed E-state index contributed by atoms with van der Waals surface area (Å²) >= 11 is 3.92. The van der Waals surface area contributed by atoms with Crippen molar-refractivity contribution in [3.05, 3.63) is 31.1 Å². The highest BCUT2D eigenvalue weighted by molar-refractivity contribution is 14.1. The molecule has 2 rings (SSSR count). The minimum absolute atomic E-state index is 0.0177. The third kappa shape index (κ3) is 1.09. The summed E-state index contributed by atoms with van der Waals surface area (Å²) in [6.07, 6.45) is 1.69. The Labute approximate surface area is 86.8 Å². The van der Waals surface area contributed by atoms with E-state index >= 15 is 0 Å². The van der Waals surface area contributed by atoms with Gasteiger partial charge in [-0.3, -0.25) is 4.79 Å². The lowest BCUT2D eigenvalue weighted by Gasteiger charge is -1.87. The van der Waals surface area contributed by atoms with Crippen molar-refractivity contribution in [1.29, 1.82) is 0 Å². The lowest BCUT2D eigenvalue weighted by molar-refractivity contribution is 1.27. The first kappa shape index (κ1) is 8.25. The van der Waals surface area contributed by atoms with Gasteiger partial charge >= 0.3 is 0 Å². The Kier molecular flexibility index (Phi) is 1.96. The Morgan fingerprint density at radius 3 is 3.00 bits per heavy atom. The molecule has 12 heavy (non-hydrogen) atoms. The highest BCUT2D eigenvalue weighted by Gasteiger charge is 2.07. The van der Waals surface area contributed by atoms with Crippen molar-refractivity contribution in [3.8, 4) is 0 Å². The molecule has 0 radical (unpaired) electrons. The normalized spacial score (nSPS) is 10.8. The van der Waals surface area contributed by atoms with Gasteiger partial charge in [0.1, 0.15) is 0 Å². The maximum Gasteiger partial charge on any atom is 0.256 e. The minimum Gasteiger partial charge on any atom is -0.328 e. The van der Waals surface area contributed by atoms with Gasteiger partial charge in [0.2, 0.25) is 0 Å². The lowest BCUT2D eigenvalue weighted by Crippen LogP contribution is -2.03. The van der Waals surface area contributed by atoms with Crippen molar-refractivity contribution in [2.45, 2.75) is 6.92 Å². The van der Waals surface area contributed by atoms with E-state index in [0.29, 0.717) is 0 Å². The van der Waals surface area contributed by atoms with Crippen LogP contribution in [0.1, 0.15) is 5.56 Å². The summed E-state index contributed by atoms with van der Waals surface area (Å²) in [5.74, 6) is 0. The number of aromatic amines is 1. The quantitative estimate of drug-likeness (QED) is 0.743. The number of pyridine rings is 1. The van der Waals surface area contributed by atoms with E-state index in [2.05, 4.69) is 27.6 Å². The molecule has 0 spiro atoms. The molecular weight excluding hydrogens is 285 g/mol. The third-order valence-corrected chi connectivity index (χ3v) is 4.31. The Morgan fingerprint density at radius 2 is 2.33 bits per heavy atom. The van der Waals surface area contributed by atoms with Crippen molar-refractivity contribution in [2.75, 3.05) is 0 Å². The van der Waals surface area contributed by atoms with Gasteiger partial charge in [0, 0.05) is 10.9 Å². The summed E-state index contributed by atoms with van der Waals surface area (Å²) in [5.41, 5.74) is 1.11. The van der Waals surface area contributed by atoms with Crippen LogP contribution < -0.4 is 5.56 Å². The summed E-state index contributed by atoms with van der Waals surface area (Å²) in [4.78, 5) is 14.0.